The third-order valence-electron chi connectivity index (χ3n) is 5.27. The van der Waals surface area contributed by atoms with Crippen molar-refractivity contribution in [2.45, 2.75) is 26.1 Å². The molecule has 1 fully saturated rings. The summed E-state index contributed by atoms with van der Waals surface area (Å²) in [7, 11) is 1.81. The van der Waals surface area contributed by atoms with Crippen molar-refractivity contribution < 1.29 is 13.9 Å². The molecule has 2 N–H and O–H groups in total. The fourth-order valence-corrected chi connectivity index (χ4v) is 3.74. The first-order valence-corrected chi connectivity index (χ1v) is 11.5. The predicted octanol–water partition coefficient (Wildman–Crippen LogP) is 3.81. The standard InChI is InChI=1S/C28H31FN4O2/c1-5-22(16-30-4)7-6-14-31-28(34)25-15-24(11-8-23-9-12-26(29)13-10-23)27(32-17-25)33-18-20(2)35-21(3)19-33/h5-7,9-10,12-13,15-17,20-21,30H,1,14,18-19H2,2-4H3,(H,31,34)/b7-6+,22-16+/t20-,21?/m0/s1. The Hall–Kier alpha value is -3.89. The number of aromatic nitrogens is 1. The number of anilines is 1. The van der Waals surface area contributed by atoms with Crippen LogP contribution in [0.2, 0.25) is 0 Å². The number of nitrogens with zero attached hydrogens (tertiary/aromatic N) is 2. The normalized spacial score (nSPS) is 18.1. The number of hydrogen-bond acceptors (Lipinski definition) is 5. The van der Waals surface area contributed by atoms with Crippen molar-refractivity contribution in [3.8, 4) is 11.8 Å². The molecule has 182 valence electrons. The fraction of sp³-hybridized carbons (Fsp3) is 0.286. The van der Waals surface area contributed by atoms with E-state index in [0.717, 1.165) is 5.57 Å². The van der Waals surface area contributed by atoms with Gasteiger partial charge in [-0.1, -0.05) is 36.6 Å². The first-order chi connectivity index (χ1) is 16.9. The number of rotatable bonds is 7. The van der Waals surface area contributed by atoms with Crippen molar-refractivity contribution in [3.05, 3.63) is 95.6 Å². The highest BCUT2D eigenvalue weighted by atomic mass is 19.1. The molecule has 3 rings (SSSR count). The molecule has 0 spiro atoms. The Morgan fingerprint density at radius 3 is 2.63 bits per heavy atom. The van der Waals surface area contributed by atoms with Gasteiger partial charge < -0.3 is 20.3 Å². The van der Waals surface area contributed by atoms with Gasteiger partial charge in [-0.3, -0.25) is 4.79 Å². The van der Waals surface area contributed by atoms with E-state index >= 15 is 0 Å². The van der Waals surface area contributed by atoms with Crippen LogP contribution in [0.25, 0.3) is 0 Å². The molecule has 0 radical (unpaired) electrons. The molecule has 6 nitrogen and oxygen atoms in total. The highest BCUT2D eigenvalue weighted by Crippen LogP contribution is 2.23. The number of morpholine rings is 1. The zero-order chi connectivity index (χ0) is 25.2. The van der Waals surface area contributed by atoms with Crippen molar-refractivity contribution in [1.29, 1.82) is 0 Å². The zero-order valence-electron chi connectivity index (χ0n) is 20.3. The molecule has 7 heteroatoms. The summed E-state index contributed by atoms with van der Waals surface area (Å²) < 4.78 is 19.1. The molecule has 1 saturated heterocycles. The average molecular weight is 475 g/mol. The number of benzene rings is 1. The number of hydrogen-bond donors (Lipinski definition) is 2. The first kappa shape index (κ1) is 25.7. The van der Waals surface area contributed by atoms with E-state index in [1.807, 2.05) is 39.2 Å². The summed E-state index contributed by atoms with van der Waals surface area (Å²) in [4.78, 5) is 19.5. The van der Waals surface area contributed by atoms with Crippen LogP contribution in [0.4, 0.5) is 10.2 Å². The molecular formula is C28H31FN4O2. The van der Waals surface area contributed by atoms with Crippen LogP contribution in [-0.2, 0) is 4.74 Å². The Balaban J connectivity index is 1.84. The SMILES string of the molecule is C=CC(/C=C/CNC(=O)c1cnc(N2CC(C)O[C@@H](C)C2)c(C#Cc2ccc(F)cc2)c1)=C\NC. The average Bonchev–Trinajstić information content (AvgIpc) is 2.84. The number of ether oxygens (including phenoxy) is 1. The van der Waals surface area contributed by atoms with Crippen LogP contribution >= 0.6 is 0 Å². The molecule has 35 heavy (non-hydrogen) atoms. The molecule has 2 atom stereocenters. The van der Waals surface area contributed by atoms with Crippen LogP contribution in [0.1, 0.15) is 35.3 Å². The number of halogens is 1. The van der Waals surface area contributed by atoms with Gasteiger partial charge in [0.05, 0.1) is 23.3 Å². The predicted molar refractivity (Wildman–Crippen MR) is 138 cm³/mol. The molecular weight excluding hydrogens is 443 g/mol. The summed E-state index contributed by atoms with van der Waals surface area (Å²) in [5.74, 6) is 6.33. The van der Waals surface area contributed by atoms with Crippen molar-refractivity contribution in [3.63, 3.8) is 0 Å². The van der Waals surface area contributed by atoms with Crippen LogP contribution in [0.3, 0.4) is 0 Å². The third kappa shape index (κ3) is 7.56. The zero-order valence-corrected chi connectivity index (χ0v) is 20.3. The van der Waals surface area contributed by atoms with Gasteiger partial charge in [-0.15, -0.1) is 0 Å². The van der Waals surface area contributed by atoms with Gasteiger partial charge in [-0.2, -0.15) is 0 Å². The summed E-state index contributed by atoms with van der Waals surface area (Å²) >= 11 is 0. The molecule has 0 bridgehead atoms. The highest BCUT2D eigenvalue weighted by molar-refractivity contribution is 5.94. The van der Waals surface area contributed by atoms with Crippen molar-refractivity contribution in [2.75, 3.05) is 31.6 Å². The fourth-order valence-electron chi connectivity index (χ4n) is 3.74. The summed E-state index contributed by atoms with van der Waals surface area (Å²) in [6.45, 7) is 9.48. The van der Waals surface area contributed by atoms with E-state index in [4.69, 9.17) is 4.74 Å². The Morgan fingerprint density at radius 1 is 1.26 bits per heavy atom. The minimum atomic E-state index is -0.316. The third-order valence-corrected chi connectivity index (χ3v) is 5.27. The summed E-state index contributed by atoms with van der Waals surface area (Å²) in [6.07, 6.45) is 8.90. The number of carbonyl (C=O) groups excluding carboxylic acids is 1. The Labute approximate surface area is 206 Å². The van der Waals surface area contributed by atoms with Gasteiger partial charge in [0.2, 0.25) is 0 Å². The van der Waals surface area contributed by atoms with Crippen LogP contribution in [0, 0.1) is 17.7 Å². The maximum absolute atomic E-state index is 13.3. The molecule has 1 amide bonds. The number of pyridine rings is 1. The van der Waals surface area contributed by atoms with Gasteiger partial charge in [-0.05, 0) is 49.8 Å². The largest absolute Gasteiger partial charge is 0.393 e. The van der Waals surface area contributed by atoms with Gasteiger partial charge >= 0.3 is 0 Å². The van der Waals surface area contributed by atoms with Gasteiger partial charge in [-0.25, -0.2) is 9.37 Å². The van der Waals surface area contributed by atoms with Crippen molar-refractivity contribution >= 4 is 11.7 Å². The maximum atomic E-state index is 13.3. The Kier molecular flexibility index (Phi) is 9.22. The molecule has 1 aliphatic heterocycles. The van der Waals surface area contributed by atoms with Gasteiger partial charge in [0.15, 0.2) is 0 Å². The van der Waals surface area contributed by atoms with Gasteiger partial charge in [0.25, 0.3) is 5.91 Å². The summed E-state index contributed by atoms with van der Waals surface area (Å²) in [5.41, 5.74) is 2.62. The lowest BCUT2D eigenvalue weighted by Gasteiger charge is -2.36. The van der Waals surface area contributed by atoms with Crippen LogP contribution in [-0.4, -0.2) is 49.8 Å². The Morgan fingerprint density at radius 2 is 1.97 bits per heavy atom. The minimum Gasteiger partial charge on any atom is -0.393 e. The lowest BCUT2D eigenvalue weighted by Crippen LogP contribution is -2.46. The second-order valence-electron chi connectivity index (χ2n) is 8.26. The van der Waals surface area contributed by atoms with Crippen molar-refractivity contribution in [2.24, 2.45) is 0 Å². The minimum absolute atomic E-state index is 0.0469. The number of nitrogens with one attached hydrogen (secondary N) is 2. The molecule has 0 saturated carbocycles. The van der Waals surface area contributed by atoms with E-state index < -0.39 is 0 Å². The molecule has 1 unspecified atom stereocenters. The molecule has 0 aliphatic carbocycles. The van der Waals surface area contributed by atoms with Gasteiger partial charge in [0.1, 0.15) is 11.6 Å². The molecule has 2 heterocycles. The summed E-state index contributed by atoms with van der Waals surface area (Å²) in [5, 5.41) is 5.81. The maximum Gasteiger partial charge on any atom is 0.253 e. The first-order valence-electron chi connectivity index (χ1n) is 11.5. The molecule has 1 aliphatic rings. The molecule has 1 aromatic heterocycles. The lowest BCUT2D eigenvalue weighted by atomic mass is 10.1. The number of amides is 1. The van der Waals surface area contributed by atoms with E-state index in [-0.39, 0.29) is 23.9 Å². The van der Waals surface area contributed by atoms with Crippen LogP contribution < -0.4 is 15.5 Å². The second-order valence-corrected chi connectivity index (χ2v) is 8.26. The number of allylic oxidation sites excluding steroid dienone is 3. The molecule has 2 aromatic rings. The van der Waals surface area contributed by atoms with E-state index in [9.17, 15) is 9.18 Å². The van der Waals surface area contributed by atoms with Crippen LogP contribution in [0.5, 0.6) is 0 Å². The second kappa shape index (κ2) is 12.5. The lowest BCUT2D eigenvalue weighted by molar-refractivity contribution is -0.00547. The summed E-state index contributed by atoms with van der Waals surface area (Å²) in [6, 6.07) is 7.73. The van der Waals surface area contributed by atoms with Crippen LogP contribution in [0.15, 0.2) is 73.1 Å². The van der Waals surface area contributed by atoms with E-state index in [0.29, 0.717) is 42.1 Å². The quantitative estimate of drug-likeness (QED) is 0.472. The smallest absolute Gasteiger partial charge is 0.253 e. The van der Waals surface area contributed by atoms with E-state index in [1.54, 1.807) is 30.5 Å². The van der Waals surface area contributed by atoms with E-state index in [1.165, 1.54) is 12.1 Å². The van der Waals surface area contributed by atoms with E-state index in [2.05, 4.69) is 38.9 Å². The topological polar surface area (TPSA) is 66.5 Å². The monoisotopic (exact) mass is 474 g/mol. The Bertz CT molecular complexity index is 1150. The van der Waals surface area contributed by atoms with Gasteiger partial charge in [0, 0.05) is 44.6 Å². The highest BCUT2D eigenvalue weighted by Gasteiger charge is 2.25. The number of carbonyl (C=O) groups is 1. The van der Waals surface area contributed by atoms with Crippen molar-refractivity contribution in [1.82, 2.24) is 15.6 Å². The molecule has 1 aromatic carbocycles.